The first-order valence-electron chi connectivity index (χ1n) is 5.02. The quantitative estimate of drug-likeness (QED) is 0.764. The number of pyridine rings is 1. The molecule has 2 aromatic heterocycles. The predicted molar refractivity (Wildman–Crippen MR) is 63.9 cm³/mol. The van der Waals surface area contributed by atoms with Crippen LogP contribution < -0.4 is 0 Å². The normalized spacial score (nSPS) is 10.4. The zero-order valence-electron chi connectivity index (χ0n) is 9.23. The average Bonchev–Trinajstić information content (AvgIpc) is 2.65. The zero-order chi connectivity index (χ0) is 11.5. The number of hydrogen-bond donors (Lipinski definition) is 0. The molecule has 0 aliphatic heterocycles. The van der Waals surface area contributed by atoms with Crippen molar-refractivity contribution in [3.8, 4) is 0 Å². The van der Waals surface area contributed by atoms with Gasteiger partial charge in [-0.3, -0.25) is 9.78 Å². The summed E-state index contributed by atoms with van der Waals surface area (Å²) in [7, 11) is 0. The van der Waals surface area contributed by atoms with Gasteiger partial charge in [0.05, 0.1) is 17.1 Å². The van der Waals surface area contributed by atoms with Crippen LogP contribution in [0, 0.1) is 13.8 Å². The van der Waals surface area contributed by atoms with E-state index in [-0.39, 0.29) is 5.78 Å². The molecule has 0 fully saturated rings. The molecular weight excluding hydrogens is 220 g/mol. The maximum atomic E-state index is 11.9. The summed E-state index contributed by atoms with van der Waals surface area (Å²) < 4.78 is 0. The van der Waals surface area contributed by atoms with Crippen LogP contribution in [0.3, 0.4) is 0 Å². The Morgan fingerprint density at radius 2 is 2.19 bits per heavy atom. The number of Topliss-reactive ketones (excluding diaryl/α,β-unsaturated/α-hetero) is 1. The van der Waals surface area contributed by atoms with E-state index in [0.717, 1.165) is 16.4 Å². The van der Waals surface area contributed by atoms with Gasteiger partial charge in [0.2, 0.25) is 0 Å². The van der Waals surface area contributed by atoms with Crippen LogP contribution in [0.4, 0.5) is 0 Å². The topological polar surface area (TPSA) is 42.9 Å². The second-order valence-corrected chi connectivity index (χ2v) is 4.71. The highest BCUT2D eigenvalue weighted by Gasteiger charge is 2.09. The molecule has 0 radical (unpaired) electrons. The van der Waals surface area contributed by atoms with Gasteiger partial charge in [-0.15, -0.1) is 11.3 Å². The van der Waals surface area contributed by atoms with Gasteiger partial charge in [0.15, 0.2) is 5.78 Å². The average molecular weight is 232 g/mol. The van der Waals surface area contributed by atoms with Crippen LogP contribution in [0.2, 0.25) is 0 Å². The van der Waals surface area contributed by atoms with Crippen molar-refractivity contribution in [1.82, 2.24) is 9.97 Å². The van der Waals surface area contributed by atoms with Crippen molar-refractivity contribution in [1.29, 1.82) is 0 Å². The Labute approximate surface area is 98.2 Å². The summed E-state index contributed by atoms with van der Waals surface area (Å²) in [5.41, 5.74) is 2.41. The standard InChI is InChI=1S/C12H12N2OS/c1-8-3-4-10(6-13-8)12(15)5-11-7-16-9(2)14-11/h3-4,6-7H,5H2,1-2H3. The summed E-state index contributed by atoms with van der Waals surface area (Å²) in [5, 5.41) is 2.92. The molecular formula is C12H12N2OS. The SMILES string of the molecule is Cc1ccc(C(=O)Cc2csc(C)n2)cn1. The Balaban J connectivity index is 2.11. The van der Waals surface area contributed by atoms with Gasteiger partial charge in [0.25, 0.3) is 0 Å². The Bertz CT molecular complexity index is 502. The molecule has 0 unspecified atom stereocenters. The second-order valence-electron chi connectivity index (χ2n) is 3.65. The van der Waals surface area contributed by atoms with Crippen molar-refractivity contribution in [3.05, 3.63) is 45.7 Å². The largest absolute Gasteiger partial charge is 0.294 e. The lowest BCUT2D eigenvalue weighted by molar-refractivity contribution is 0.0992. The third kappa shape index (κ3) is 2.52. The summed E-state index contributed by atoms with van der Waals surface area (Å²) in [6.45, 7) is 3.84. The molecule has 0 aromatic carbocycles. The van der Waals surface area contributed by atoms with E-state index in [1.165, 1.54) is 0 Å². The molecule has 82 valence electrons. The van der Waals surface area contributed by atoms with Crippen molar-refractivity contribution in [2.45, 2.75) is 20.3 Å². The number of carbonyl (C=O) groups excluding carboxylic acids is 1. The first-order chi connectivity index (χ1) is 7.65. The highest BCUT2D eigenvalue weighted by molar-refractivity contribution is 7.09. The van der Waals surface area contributed by atoms with Crippen molar-refractivity contribution in [3.63, 3.8) is 0 Å². The minimum absolute atomic E-state index is 0.0674. The van der Waals surface area contributed by atoms with Crippen LogP contribution in [0.5, 0.6) is 0 Å². The second kappa shape index (κ2) is 4.53. The number of rotatable bonds is 3. The fourth-order valence-electron chi connectivity index (χ4n) is 1.39. The molecule has 0 spiro atoms. The number of thiazole rings is 1. The zero-order valence-corrected chi connectivity index (χ0v) is 10.0. The summed E-state index contributed by atoms with van der Waals surface area (Å²) in [4.78, 5) is 20.2. The molecule has 0 saturated heterocycles. The number of hydrogen-bond acceptors (Lipinski definition) is 4. The molecule has 2 heterocycles. The monoisotopic (exact) mass is 232 g/mol. The van der Waals surface area contributed by atoms with Gasteiger partial charge in [-0.2, -0.15) is 0 Å². The number of carbonyl (C=O) groups is 1. The molecule has 16 heavy (non-hydrogen) atoms. The van der Waals surface area contributed by atoms with E-state index in [1.807, 2.05) is 31.4 Å². The summed E-state index contributed by atoms with van der Waals surface area (Å²) in [6, 6.07) is 3.66. The summed E-state index contributed by atoms with van der Waals surface area (Å²) >= 11 is 1.57. The van der Waals surface area contributed by atoms with E-state index in [1.54, 1.807) is 17.5 Å². The van der Waals surface area contributed by atoms with Crippen LogP contribution in [-0.4, -0.2) is 15.8 Å². The van der Waals surface area contributed by atoms with E-state index >= 15 is 0 Å². The fraction of sp³-hybridized carbons (Fsp3) is 0.250. The first kappa shape index (κ1) is 11.0. The van der Waals surface area contributed by atoms with Gasteiger partial charge in [0.1, 0.15) is 0 Å². The molecule has 0 bridgehead atoms. The lowest BCUT2D eigenvalue weighted by atomic mass is 10.1. The number of ketones is 1. The van der Waals surface area contributed by atoms with Crippen LogP contribution in [0.15, 0.2) is 23.7 Å². The molecule has 2 aromatic rings. The molecule has 0 aliphatic rings. The highest BCUT2D eigenvalue weighted by atomic mass is 32.1. The first-order valence-corrected chi connectivity index (χ1v) is 5.90. The Morgan fingerprint density at radius 3 is 2.75 bits per heavy atom. The smallest absolute Gasteiger partial charge is 0.170 e. The third-order valence-electron chi connectivity index (χ3n) is 2.24. The minimum atomic E-state index is 0.0674. The molecule has 0 N–H and O–H groups in total. The summed E-state index contributed by atoms with van der Waals surface area (Å²) in [5.74, 6) is 0.0674. The highest BCUT2D eigenvalue weighted by Crippen LogP contribution is 2.11. The van der Waals surface area contributed by atoms with Crippen molar-refractivity contribution >= 4 is 17.1 Å². The van der Waals surface area contributed by atoms with E-state index in [2.05, 4.69) is 9.97 Å². The van der Waals surface area contributed by atoms with Gasteiger partial charge >= 0.3 is 0 Å². The number of aryl methyl sites for hydroxylation is 2. The van der Waals surface area contributed by atoms with Gasteiger partial charge in [-0.1, -0.05) is 0 Å². The molecule has 0 aliphatic carbocycles. The molecule has 0 amide bonds. The minimum Gasteiger partial charge on any atom is -0.294 e. The fourth-order valence-corrected chi connectivity index (χ4v) is 2.00. The lowest BCUT2D eigenvalue weighted by Crippen LogP contribution is -2.04. The molecule has 0 saturated carbocycles. The Hall–Kier alpha value is -1.55. The van der Waals surface area contributed by atoms with Crippen LogP contribution in [0.1, 0.15) is 26.8 Å². The van der Waals surface area contributed by atoms with Gasteiger partial charge < -0.3 is 0 Å². The summed E-state index contributed by atoms with van der Waals surface area (Å²) in [6.07, 6.45) is 1.98. The van der Waals surface area contributed by atoms with E-state index in [9.17, 15) is 4.79 Å². The van der Waals surface area contributed by atoms with Crippen LogP contribution >= 0.6 is 11.3 Å². The Kier molecular flexibility index (Phi) is 3.10. The molecule has 3 nitrogen and oxygen atoms in total. The molecule has 4 heteroatoms. The van der Waals surface area contributed by atoms with Crippen LogP contribution in [-0.2, 0) is 6.42 Å². The maximum absolute atomic E-state index is 11.9. The molecule has 2 rings (SSSR count). The van der Waals surface area contributed by atoms with E-state index < -0.39 is 0 Å². The number of aromatic nitrogens is 2. The third-order valence-corrected chi connectivity index (χ3v) is 3.06. The maximum Gasteiger partial charge on any atom is 0.170 e. The lowest BCUT2D eigenvalue weighted by Gasteiger charge is -1.98. The van der Waals surface area contributed by atoms with Crippen molar-refractivity contribution < 1.29 is 4.79 Å². The Morgan fingerprint density at radius 1 is 1.38 bits per heavy atom. The van der Waals surface area contributed by atoms with Gasteiger partial charge in [-0.05, 0) is 26.0 Å². The van der Waals surface area contributed by atoms with E-state index in [0.29, 0.717) is 12.0 Å². The molecule has 0 atom stereocenters. The van der Waals surface area contributed by atoms with Gasteiger partial charge in [0, 0.05) is 22.8 Å². The van der Waals surface area contributed by atoms with Crippen molar-refractivity contribution in [2.75, 3.05) is 0 Å². The predicted octanol–water partition coefficient (Wildman–Crippen LogP) is 2.58. The van der Waals surface area contributed by atoms with Crippen LogP contribution in [0.25, 0.3) is 0 Å². The van der Waals surface area contributed by atoms with E-state index in [4.69, 9.17) is 0 Å². The van der Waals surface area contributed by atoms with Crippen molar-refractivity contribution in [2.24, 2.45) is 0 Å². The number of nitrogens with zero attached hydrogens (tertiary/aromatic N) is 2. The van der Waals surface area contributed by atoms with Gasteiger partial charge in [-0.25, -0.2) is 4.98 Å².